The van der Waals surface area contributed by atoms with Crippen molar-refractivity contribution in [2.75, 3.05) is 16.4 Å². The number of amides is 3. The van der Waals surface area contributed by atoms with E-state index in [0.717, 1.165) is 10.5 Å². The summed E-state index contributed by atoms with van der Waals surface area (Å²) in [6.07, 6.45) is 1.43. The van der Waals surface area contributed by atoms with Gasteiger partial charge in [0.15, 0.2) is 0 Å². The molecule has 6 nitrogen and oxygen atoms in total. The lowest BCUT2D eigenvalue weighted by atomic mass is 10.1. The standard InChI is InChI=1S/C31H24Cl3N3O3S/c1-19-13-14-22(16-27(19)34)35-29(38)18-41-23-10-5-9-21(15-23)36-31(40)28(17-24-25(32)11-6-12-26(24)33)37-30(39)20-7-3-2-4-8-20/h2-17H,18H2,1H3,(H,35,38)(H,36,40)(H,37,39)/b28-17+. The summed E-state index contributed by atoms with van der Waals surface area (Å²) in [7, 11) is 0. The zero-order valence-corrected chi connectivity index (χ0v) is 24.8. The molecule has 208 valence electrons. The highest BCUT2D eigenvalue weighted by Gasteiger charge is 2.17. The smallest absolute Gasteiger partial charge is 0.272 e. The maximum absolute atomic E-state index is 13.4. The highest BCUT2D eigenvalue weighted by Crippen LogP contribution is 2.27. The molecule has 0 radical (unpaired) electrons. The Kier molecular flexibility index (Phi) is 10.5. The number of nitrogens with one attached hydrogen (secondary N) is 3. The number of rotatable bonds is 9. The fourth-order valence-electron chi connectivity index (χ4n) is 3.61. The molecule has 0 fully saturated rings. The van der Waals surface area contributed by atoms with Crippen LogP contribution >= 0.6 is 46.6 Å². The maximum Gasteiger partial charge on any atom is 0.272 e. The number of carbonyl (C=O) groups excluding carboxylic acids is 3. The van der Waals surface area contributed by atoms with Crippen LogP contribution in [0.15, 0.2) is 102 Å². The third-order valence-corrected chi connectivity index (χ3v) is 7.79. The van der Waals surface area contributed by atoms with Crippen molar-refractivity contribution >= 4 is 81.7 Å². The lowest BCUT2D eigenvalue weighted by Gasteiger charge is -2.13. The summed E-state index contributed by atoms with van der Waals surface area (Å²) in [5.41, 5.74) is 2.72. The van der Waals surface area contributed by atoms with Crippen LogP contribution in [0, 0.1) is 6.92 Å². The van der Waals surface area contributed by atoms with Crippen molar-refractivity contribution in [3.8, 4) is 0 Å². The van der Waals surface area contributed by atoms with Gasteiger partial charge >= 0.3 is 0 Å². The van der Waals surface area contributed by atoms with Crippen molar-refractivity contribution < 1.29 is 14.4 Å². The van der Waals surface area contributed by atoms with E-state index in [4.69, 9.17) is 34.8 Å². The van der Waals surface area contributed by atoms with Gasteiger partial charge in [0.05, 0.1) is 5.75 Å². The number of thioether (sulfide) groups is 1. The molecule has 3 amide bonds. The molecule has 0 bridgehead atoms. The van der Waals surface area contributed by atoms with Crippen molar-refractivity contribution in [1.29, 1.82) is 0 Å². The van der Waals surface area contributed by atoms with Gasteiger partial charge < -0.3 is 16.0 Å². The molecule has 0 aliphatic rings. The third-order valence-electron chi connectivity index (χ3n) is 5.73. The first-order chi connectivity index (χ1) is 19.7. The van der Waals surface area contributed by atoms with E-state index in [-0.39, 0.29) is 17.4 Å². The molecule has 0 saturated carbocycles. The molecule has 0 aliphatic heterocycles. The van der Waals surface area contributed by atoms with Crippen molar-refractivity contribution in [1.82, 2.24) is 5.32 Å². The van der Waals surface area contributed by atoms with E-state index in [2.05, 4.69) is 16.0 Å². The van der Waals surface area contributed by atoms with Crippen molar-refractivity contribution in [2.24, 2.45) is 0 Å². The maximum atomic E-state index is 13.4. The van der Waals surface area contributed by atoms with Gasteiger partial charge in [0.25, 0.3) is 11.8 Å². The van der Waals surface area contributed by atoms with Crippen LogP contribution in [0.4, 0.5) is 11.4 Å². The van der Waals surface area contributed by atoms with Crippen LogP contribution in [0.2, 0.25) is 15.1 Å². The molecular formula is C31H24Cl3N3O3S. The van der Waals surface area contributed by atoms with Gasteiger partial charge in [-0.2, -0.15) is 0 Å². The predicted octanol–water partition coefficient (Wildman–Crippen LogP) is 8.10. The molecule has 4 aromatic rings. The van der Waals surface area contributed by atoms with Gasteiger partial charge in [-0.1, -0.05) is 71.2 Å². The lowest BCUT2D eigenvalue weighted by molar-refractivity contribution is -0.114. The molecule has 41 heavy (non-hydrogen) atoms. The molecule has 0 aliphatic carbocycles. The number of carbonyl (C=O) groups is 3. The summed E-state index contributed by atoms with van der Waals surface area (Å²) >= 11 is 20.1. The van der Waals surface area contributed by atoms with E-state index < -0.39 is 11.8 Å². The van der Waals surface area contributed by atoms with Gasteiger partial charge in [0, 0.05) is 42.5 Å². The normalized spacial score (nSPS) is 11.1. The van der Waals surface area contributed by atoms with Gasteiger partial charge in [0.1, 0.15) is 5.70 Å². The van der Waals surface area contributed by atoms with Crippen molar-refractivity contribution in [2.45, 2.75) is 11.8 Å². The summed E-state index contributed by atoms with van der Waals surface area (Å²) in [4.78, 5) is 39.5. The van der Waals surface area contributed by atoms with Crippen LogP contribution in [0.25, 0.3) is 6.08 Å². The van der Waals surface area contributed by atoms with Gasteiger partial charge in [-0.15, -0.1) is 11.8 Å². The van der Waals surface area contributed by atoms with Crippen LogP contribution in [0.5, 0.6) is 0 Å². The Labute approximate surface area is 257 Å². The van der Waals surface area contributed by atoms with Gasteiger partial charge in [-0.25, -0.2) is 0 Å². The van der Waals surface area contributed by atoms with E-state index in [0.29, 0.717) is 37.6 Å². The molecule has 0 heterocycles. The Morgan fingerprint density at radius 1 is 0.756 bits per heavy atom. The minimum atomic E-state index is -0.582. The van der Waals surface area contributed by atoms with Gasteiger partial charge in [-0.3, -0.25) is 14.4 Å². The SMILES string of the molecule is Cc1ccc(NC(=O)CSc2cccc(NC(=O)/C(=C\c3c(Cl)cccc3Cl)NC(=O)c3ccccc3)c2)cc1Cl. The van der Waals surface area contributed by atoms with Crippen LogP contribution < -0.4 is 16.0 Å². The van der Waals surface area contributed by atoms with E-state index in [1.54, 1.807) is 78.9 Å². The first-order valence-corrected chi connectivity index (χ1v) is 14.4. The second-order valence-corrected chi connectivity index (χ2v) is 11.1. The van der Waals surface area contributed by atoms with Gasteiger partial charge in [0.2, 0.25) is 5.91 Å². The molecule has 0 unspecified atom stereocenters. The predicted molar refractivity (Wildman–Crippen MR) is 169 cm³/mol. The molecule has 10 heteroatoms. The minimum absolute atomic E-state index is 0.0527. The Balaban J connectivity index is 1.48. The van der Waals surface area contributed by atoms with E-state index in [1.807, 2.05) is 19.1 Å². The first-order valence-electron chi connectivity index (χ1n) is 12.3. The molecule has 4 aromatic carbocycles. The topological polar surface area (TPSA) is 87.3 Å². The summed E-state index contributed by atoms with van der Waals surface area (Å²) in [6.45, 7) is 1.89. The van der Waals surface area contributed by atoms with E-state index in [1.165, 1.54) is 17.8 Å². The number of hydrogen-bond acceptors (Lipinski definition) is 4. The Hall–Kier alpha value is -3.75. The molecule has 0 saturated heterocycles. The second-order valence-electron chi connectivity index (χ2n) is 8.80. The average Bonchev–Trinajstić information content (AvgIpc) is 2.96. The quantitative estimate of drug-likeness (QED) is 0.130. The van der Waals surface area contributed by atoms with Crippen molar-refractivity contribution in [3.63, 3.8) is 0 Å². The van der Waals surface area contributed by atoms with Gasteiger partial charge in [-0.05, 0) is 73.2 Å². The summed E-state index contributed by atoms with van der Waals surface area (Å²) < 4.78 is 0. The fraction of sp³-hybridized carbons (Fsp3) is 0.0645. The number of aryl methyl sites for hydroxylation is 1. The second kappa shape index (κ2) is 14.2. The highest BCUT2D eigenvalue weighted by atomic mass is 35.5. The lowest BCUT2D eigenvalue weighted by Crippen LogP contribution is -2.30. The summed E-state index contributed by atoms with van der Waals surface area (Å²) in [5, 5.41) is 9.50. The summed E-state index contributed by atoms with van der Waals surface area (Å²) in [5.74, 6) is -1.11. The molecule has 0 atom stereocenters. The van der Waals surface area contributed by atoms with Crippen LogP contribution in [0.1, 0.15) is 21.5 Å². The minimum Gasteiger partial charge on any atom is -0.325 e. The molecule has 3 N–H and O–H groups in total. The number of benzene rings is 4. The Morgan fingerprint density at radius 3 is 2.15 bits per heavy atom. The van der Waals surface area contributed by atoms with Crippen LogP contribution in [-0.4, -0.2) is 23.5 Å². The largest absolute Gasteiger partial charge is 0.325 e. The highest BCUT2D eigenvalue weighted by molar-refractivity contribution is 8.00. The van der Waals surface area contributed by atoms with E-state index >= 15 is 0 Å². The first kappa shape index (κ1) is 30.2. The van der Waals surface area contributed by atoms with E-state index in [9.17, 15) is 14.4 Å². The number of anilines is 2. The molecule has 0 aromatic heterocycles. The van der Waals surface area contributed by atoms with Crippen molar-refractivity contribution in [3.05, 3.63) is 128 Å². The molecule has 4 rings (SSSR count). The zero-order valence-electron chi connectivity index (χ0n) is 21.7. The zero-order chi connectivity index (χ0) is 29.4. The Bertz CT molecular complexity index is 1610. The Morgan fingerprint density at radius 2 is 1.44 bits per heavy atom. The molecule has 0 spiro atoms. The summed E-state index contributed by atoms with van der Waals surface area (Å²) in [6, 6.07) is 25.8. The average molecular weight is 625 g/mol. The third kappa shape index (κ3) is 8.62. The fourth-order valence-corrected chi connectivity index (χ4v) is 5.06. The monoisotopic (exact) mass is 623 g/mol. The molecular weight excluding hydrogens is 601 g/mol. The van der Waals surface area contributed by atoms with Crippen LogP contribution in [-0.2, 0) is 9.59 Å². The number of hydrogen-bond donors (Lipinski definition) is 3. The number of halogens is 3. The van der Waals surface area contributed by atoms with Crippen LogP contribution in [0.3, 0.4) is 0 Å².